The Bertz CT molecular complexity index is 954. The van der Waals surface area contributed by atoms with Gasteiger partial charge < -0.3 is 25.4 Å². The van der Waals surface area contributed by atoms with Crippen molar-refractivity contribution >= 4 is 62.9 Å². The highest BCUT2D eigenvalue weighted by atomic mass is 32.1. The predicted octanol–water partition coefficient (Wildman–Crippen LogP) is 4.18. The monoisotopic (exact) mass is 449 g/mol. The molecule has 0 spiro atoms. The number of rotatable bonds is 7. The van der Waals surface area contributed by atoms with Crippen molar-refractivity contribution in [1.29, 1.82) is 0 Å². The van der Waals surface area contributed by atoms with Gasteiger partial charge in [-0.05, 0) is 62.8 Å². The summed E-state index contributed by atoms with van der Waals surface area (Å²) in [5.74, 6) is -1.22. The van der Waals surface area contributed by atoms with E-state index in [1.54, 1.807) is 45.0 Å². The highest BCUT2D eigenvalue weighted by molar-refractivity contribution is 7.80. The molecule has 0 saturated carbocycles. The highest BCUT2D eigenvalue weighted by Crippen LogP contribution is 2.34. The summed E-state index contributed by atoms with van der Waals surface area (Å²) in [6.07, 6.45) is 0. The first kappa shape index (κ1) is 23.3. The molecule has 2 rings (SSSR count). The van der Waals surface area contributed by atoms with E-state index in [0.717, 1.165) is 11.3 Å². The average Bonchev–Trinajstić information content (AvgIpc) is 2.99. The van der Waals surface area contributed by atoms with Gasteiger partial charge in [0.25, 0.3) is 0 Å². The van der Waals surface area contributed by atoms with Gasteiger partial charge >= 0.3 is 11.9 Å². The molecule has 8 nitrogen and oxygen atoms in total. The average molecular weight is 450 g/mol. The van der Waals surface area contributed by atoms with Gasteiger partial charge in [-0.2, -0.15) is 0 Å². The Morgan fingerprint density at radius 2 is 1.47 bits per heavy atom. The smallest absolute Gasteiger partial charge is 0.348 e. The lowest BCUT2D eigenvalue weighted by Crippen LogP contribution is -2.20. The lowest BCUT2D eigenvalue weighted by atomic mass is 10.1. The van der Waals surface area contributed by atoms with Crippen molar-refractivity contribution < 1.29 is 23.9 Å². The van der Waals surface area contributed by atoms with Crippen LogP contribution in [0.1, 0.15) is 46.4 Å². The summed E-state index contributed by atoms with van der Waals surface area (Å²) in [5.41, 5.74) is 2.06. The van der Waals surface area contributed by atoms with Crippen molar-refractivity contribution in [2.45, 2.75) is 27.7 Å². The van der Waals surface area contributed by atoms with Crippen LogP contribution in [0.2, 0.25) is 0 Å². The van der Waals surface area contributed by atoms with E-state index in [4.69, 9.17) is 21.7 Å². The quantitative estimate of drug-likeness (QED) is 0.427. The fraction of sp³-hybridized carbons (Fsp3) is 0.300. The van der Waals surface area contributed by atoms with Crippen molar-refractivity contribution in [2.24, 2.45) is 0 Å². The normalized spacial score (nSPS) is 10.1. The van der Waals surface area contributed by atoms with Crippen molar-refractivity contribution in [2.75, 3.05) is 29.2 Å². The largest absolute Gasteiger partial charge is 0.462 e. The van der Waals surface area contributed by atoms with Gasteiger partial charge in [0.15, 0.2) is 5.11 Å². The summed E-state index contributed by atoms with van der Waals surface area (Å²) < 4.78 is 10.2. The van der Waals surface area contributed by atoms with Crippen molar-refractivity contribution in [3.8, 4) is 0 Å². The highest BCUT2D eigenvalue weighted by Gasteiger charge is 2.26. The van der Waals surface area contributed by atoms with Gasteiger partial charge in [0.05, 0.1) is 18.8 Å². The van der Waals surface area contributed by atoms with Crippen LogP contribution in [-0.2, 0) is 14.3 Å². The summed E-state index contributed by atoms with van der Waals surface area (Å²) in [7, 11) is 0. The number of ether oxygens (including phenoxy) is 2. The molecule has 1 aromatic carbocycles. The summed E-state index contributed by atoms with van der Waals surface area (Å²) in [4.78, 5) is 36.1. The summed E-state index contributed by atoms with van der Waals surface area (Å²) >= 11 is 6.42. The third-order valence-corrected chi connectivity index (χ3v) is 5.17. The molecule has 0 saturated heterocycles. The van der Waals surface area contributed by atoms with Gasteiger partial charge in [-0.25, -0.2) is 9.59 Å². The first-order valence-corrected chi connectivity index (χ1v) is 10.4. The summed E-state index contributed by atoms with van der Waals surface area (Å²) in [6.45, 7) is 6.93. The van der Waals surface area contributed by atoms with E-state index >= 15 is 0 Å². The molecule has 1 heterocycles. The Hall–Kier alpha value is -2.98. The molecular weight excluding hydrogens is 426 g/mol. The van der Waals surface area contributed by atoms with Crippen LogP contribution in [0.25, 0.3) is 0 Å². The minimum absolute atomic E-state index is 0.162. The molecule has 0 aliphatic rings. The van der Waals surface area contributed by atoms with Gasteiger partial charge in [-0.3, -0.25) is 4.79 Å². The molecule has 1 aromatic heterocycles. The molecule has 1 amide bonds. The Labute approximate surface area is 183 Å². The summed E-state index contributed by atoms with van der Waals surface area (Å²) in [5, 5.41) is 9.26. The van der Waals surface area contributed by atoms with E-state index in [2.05, 4.69) is 16.0 Å². The number of hydrogen-bond donors (Lipinski definition) is 3. The number of anilines is 3. The number of hydrogen-bond acceptors (Lipinski definition) is 7. The van der Waals surface area contributed by atoms with Gasteiger partial charge in [0, 0.05) is 18.3 Å². The van der Waals surface area contributed by atoms with Crippen LogP contribution in [0.5, 0.6) is 0 Å². The zero-order valence-corrected chi connectivity index (χ0v) is 18.7. The standard InChI is InChI=1S/C20H23N3O5S2/c1-5-27-18(25)15-11(3)16(19(26)28-6-2)30-17(15)23-20(29)22-14-9-7-13(8-10-14)21-12(4)24/h7-10H,5-6H2,1-4H3,(H,21,24)(H2,22,23,29). The SMILES string of the molecule is CCOC(=O)c1sc(NC(=S)Nc2ccc(NC(C)=O)cc2)c(C(=O)OCC)c1C. The van der Waals surface area contributed by atoms with Crippen LogP contribution < -0.4 is 16.0 Å². The molecule has 0 bridgehead atoms. The number of benzene rings is 1. The van der Waals surface area contributed by atoms with Gasteiger partial charge in [-0.15, -0.1) is 11.3 Å². The van der Waals surface area contributed by atoms with Crippen molar-refractivity contribution in [1.82, 2.24) is 0 Å². The first-order chi connectivity index (χ1) is 14.3. The number of amides is 1. The van der Waals surface area contributed by atoms with Gasteiger partial charge in [0.2, 0.25) is 5.91 Å². The molecule has 3 N–H and O–H groups in total. The van der Waals surface area contributed by atoms with E-state index in [-0.39, 0.29) is 29.8 Å². The third-order valence-electron chi connectivity index (χ3n) is 3.78. The first-order valence-electron chi connectivity index (χ1n) is 9.20. The van der Waals surface area contributed by atoms with Crippen molar-refractivity contribution in [3.63, 3.8) is 0 Å². The van der Waals surface area contributed by atoms with E-state index in [0.29, 0.717) is 26.8 Å². The van der Waals surface area contributed by atoms with Crippen LogP contribution in [0.4, 0.5) is 16.4 Å². The van der Waals surface area contributed by atoms with Crippen LogP contribution in [0.15, 0.2) is 24.3 Å². The zero-order valence-electron chi connectivity index (χ0n) is 17.1. The molecular formula is C20H23N3O5S2. The Morgan fingerprint density at radius 1 is 0.933 bits per heavy atom. The van der Waals surface area contributed by atoms with E-state index in [1.165, 1.54) is 6.92 Å². The molecule has 0 aliphatic heterocycles. The van der Waals surface area contributed by atoms with Crippen LogP contribution in [0, 0.1) is 6.92 Å². The topological polar surface area (TPSA) is 106 Å². The lowest BCUT2D eigenvalue weighted by Gasteiger charge is -2.11. The molecule has 160 valence electrons. The number of nitrogens with one attached hydrogen (secondary N) is 3. The second-order valence-corrected chi connectivity index (χ2v) is 7.47. The summed E-state index contributed by atoms with van der Waals surface area (Å²) in [6, 6.07) is 6.94. The maximum absolute atomic E-state index is 12.4. The van der Waals surface area contributed by atoms with Crippen LogP contribution in [0.3, 0.4) is 0 Å². The molecule has 0 aliphatic carbocycles. The number of thiocarbonyl (C=S) groups is 1. The third kappa shape index (κ3) is 6.01. The van der Waals surface area contributed by atoms with Gasteiger partial charge in [-0.1, -0.05) is 0 Å². The molecule has 0 fully saturated rings. The number of esters is 2. The minimum Gasteiger partial charge on any atom is -0.462 e. The van der Waals surface area contributed by atoms with Crippen molar-refractivity contribution in [3.05, 3.63) is 40.3 Å². The maximum Gasteiger partial charge on any atom is 0.348 e. The van der Waals surface area contributed by atoms with E-state index < -0.39 is 11.9 Å². The van der Waals surface area contributed by atoms with Crippen LogP contribution in [-0.4, -0.2) is 36.2 Å². The second kappa shape index (κ2) is 10.7. The van der Waals surface area contributed by atoms with Crippen LogP contribution >= 0.6 is 23.6 Å². The van der Waals surface area contributed by atoms with E-state index in [9.17, 15) is 14.4 Å². The molecule has 10 heteroatoms. The minimum atomic E-state index is -0.549. The Morgan fingerprint density at radius 3 is 2.00 bits per heavy atom. The molecule has 30 heavy (non-hydrogen) atoms. The molecule has 0 unspecified atom stereocenters. The fourth-order valence-corrected chi connectivity index (χ4v) is 3.93. The zero-order chi connectivity index (χ0) is 22.3. The molecule has 2 aromatic rings. The van der Waals surface area contributed by atoms with Gasteiger partial charge in [0.1, 0.15) is 9.88 Å². The Balaban J connectivity index is 2.21. The number of carbonyl (C=O) groups excluding carboxylic acids is 3. The number of carbonyl (C=O) groups is 3. The second-order valence-electron chi connectivity index (χ2n) is 6.04. The maximum atomic E-state index is 12.4. The molecule has 0 atom stereocenters. The van der Waals surface area contributed by atoms with E-state index in [1.807, 2.05) is 0 Å². The lowest BCUT2D eigenvalue weighted by molar-refractivity contribution is -0.114. The molecule has 0 radical (unpaired) electrons. The fourth-order valence-electron chi connectivity index (χ4n) is 2.55. The Kier molecular flexibility index (Phi) is 8.31. The predicted molar refractivity (Wildman–Crippen MR) is 122 cm³/mol. The number of thiophene rings is 1.